The van der Waals surface area contributed by atoms with Crippen LogP contribution in [-0.2, 0) is 13.5 Å². The first-order valence-corrected chi connectivity index (χ1v) is 9.90. The van der Waals surface area contributed by atoms with E-state index in [0.29, 0.717) is 16.7 Å². The highest BCUT2D eigenvalue weighted by atomic mass is 32.2. The number of hydrogen-bond acceptors (Lipinski definition) is 5. The quantitative estimate of drug-likeness (QED) is 0.427. The van der Waals surface area contributed by atoms with Gasteiger partial charge in [-0.2, -0.15) is 0 Å². The summed E-state index contributed by atoms with van der Waals surface area (Å²) in [4.78, 5) is 12.5. The minimum Gasteiger partial charge on any atom is -0.496 e. The fraction of sp³-hybridized carbons (Fsp3) is 0.286. The Kier molecular flexibility index (Phi) is 6.29. The number of nitrogens with zero attached hydrogens (tertiary/aromatic N) is 3. The van der Waals surface area contributed by atoms with Crippen LogP contribution >= 0.6 is 11.8 Å². The minimum atomic E-state index is 0.0879. The number of ether oxygens (including phenoxy) is 1. The zero-order chi connectivity index (χ0) is 19.2. The Morgan fingerprint density at radius 1 is 1.11 bits per heavy atom. The number of thioether (sulfide) groups is 1. The van der Waals surface area contributed by atoms with Crippen LogP contribution in [0.5, 0.6) is 5.75 Å². The van der Waals surface area contributed by atoms with Crippen LogP contribution in [0.25, 0.3) is 11.4 Å². The summed E-state index contributed by atoms with van der Waals surface area (Å²) in [5.74, 6) is 1.87. The van der Waals surface area contributed by atoms with Gasteiger partial charge in [-0.25, -0.2) is 0 Å². The number of aromatic nitrogens is 3. The lowest BCUT2D eigenvalue weighted by Crippen LogP contribution is -2.04. The number of ketones is 1. The molecule has 0 aliphatic carbocycles. The van der Waals surface area contributed by atoms with Crippen LogP contribution in [0.2, 0.25) is 0 Å². The van der Waals surface area contributed by atoms with Crippen molar-refractivity contribution in [3.05, 3.63) is 59.7 Å². The number of hydrogen-bond donors (Lipinski definition) is 0. The second kappa shape index (κ2) is 8.86. The maximum atomic E-state index is 12.5. The predicted octanol–water partition coefficient (Wildman–Crippen LogP) is 4.42. The normalized spacial score (nSPS) is 10.8. The molecule has 0 fully saturated rings. The molecule has 1 aromatic heterocycles. The zero-order valence-corrected chi connectivity index (χ0v) is 16.6. The summed E-state index contributed by atoms with van der Waals surface area (Å²) in [6, 6.07) is 15.6. The van der Waals surface area contributed by atoms with Crippen molar-refractivity contribution in [1.29, 1.82) is 0 Å². The van der Waals surface area contributed by atoms with Gasteiger partial charge in [-0.1, -0.05) is 61.5 Å². The van der Waals surface area contributed by atoms with Crippen molar-refractivity contribution in [2.45, 2.75) is 24.9 Å². The van der Waals surface area contributed by atoms with Gasteiger partial charge in [0.25, 0.3) is 0 Å². The number of rotatable bonds is 8. The van der Waals surface area contributed by atoms with Crippen molar-refractivity contribution >= 4 is 17.5 Å². The summed E-state index contributed by atoms with van der Waals surface area (Å²) in [6.45, 7) is 2.15. The monoisotopic (exact) mass is 381 g/mol. The molecule has 0 aliphatic heterocycles. The Morgan fingerprint density at radius 2 is 1.85 bits per heavy atom. The molecule has 2 aromatic carbocycles. The van der Waals surface area contributed by atoms with Crippen LogP contribution in [0.3, 0.4) is 0 Å². The smallest absolute Gasteiger partial charge is 0.191 e. The number of aryl methyl sites for hydroxylation is 1. The standard InChI is InChI=1S/C21H23N3O2S/c1-4-7-15-10-12-16(13-11-15)18(25)14-27-21-23-22-20(24(21)2)17-8-5-6-9-19(17)26-3/h5-6,8-13H,4,7,14H2,1-3H3. The molecule has 3 aromatic rings. The summed E-state index contributed by atoms with van der Waals surface area (Å²) < 4.78 is 7.29. The molecule has 0 bridgehead atoms. The molecule has 140 valence electrons. The second-order valence-corrected chi connectivity index (χ2v) is 7.17. The minimum absolute atomic E-state index is 0.0879. The molecule has 0 amide bonds. The molecular formula is C21H23N3O2S. The van der Waals surface area contributed by atoms with E-state index in [0.717, 1.165) is 29.7 Å². The average Bonchev–Trinajstić information content (AvgIpc) is 3.07. The highest BCUT2D eigenvalue weighted by Crippen LogP contribution is 2.30. The van der Waals surface area contributed by atoms with E-state index in [1.54, 1.807) is 7.11 Å². The molecule has 0 spiro atoms. The van der Waals surface area contributed by atoms with E-state index < -0.39 is 0 Å². The van der Waals surface area contributed by atoms with E-state index in [9.17, 15) is 4.79 Å². The van der Waals surface area contributed by atoms with E-state index in [2.05, 4.69) is 17.1 Å². The molecule has 0 saturated heterocycles. The van der Waals surface area contributed by atoms with Gasteiger partial charge in [0.05, 0.1) is 18.4 Å². The van der Waals surface area contributed by atoms with Crippen LogP contribution in [0.15, 0.2) is 53.7 Å². The maximum Gasteiger partial charge on any atom is 0.191 e. The Bertz CT molecular complexity index is 919. The first-order valence-electron chi connectivity index (χ1n) is 8.91. The van der Waals surface area contributed by atoms with Gasteiger partial charge in [-0.15, -0.1) is 10.2 Å². The Labute approximate surface area is 163 Å². The van der Waals surface area contributed by atoms with Gasteiger partial charge in [-0.3, -0.25) is 4.79 Å². The molecule has 6 heteroatoms. The SMILES string of the molecule is CCCc1ccc(C(=O)CSc2nnc(-c3ccccc3OC)n2C)cc1. The second-order valence-electron chi connectivity index (χ2n) is 6.22. The van der Waals surface area contributed by atoms with E-state index in [1.165, 1.54) is 17.3 Å². The van der Waals surface area contributed by atoms with Crippen LogP contribution < -0.4 is 4.74 Å². The van der Waals surface area contributed by atoms with Gasteiger partial charge in [0.15, 0.2) is 16.8 Å². The van der Waals surface area contributed by atoms with Crippen molar-refractivity contribution in [3.8, 4) is 17.1 Å². The average molecular weight is 382 g/mol. The van der Waals surface area contributed by atoms with Crippen molar-refractivity contribution in [1.82, 2.24) is 14.8 Å². The first-order chi connectivity index (χ1) is 13.1. The topological polar surface area (TPSA) is 57.0 Å². The third kappa shape index (κ3) is 4.39. The zero-order valence-electron chi connectivity index (χ0n) is 15.8. The molecule has 0 radical (unpaired) electrons. The summed E-state index contributed by atoms with van der Waals surface area (Å²) >= 11 is 1.39. The number of benzene rings is 2. The largest absolute Gasteiger partial charge is 0.496 e. The van der Waals surface area contributed by atoms with E-state index in [-0.39, 0.29) is 5.78 Å². The van der Waals surface area contributed by atoms with Gasteiger partial charge in [0, 0.05) is 12.6 Å². The highest BCUT2D eigenvalue weighted by Gasteiger charge is 2.16. The predicted molar refractivity (Wildman–Crippen MR) is 108 cm³/mol. The fourth-order valence-corrected chi connectivity index (χ4v) is 3.67. The van der Waals surface area contributed by atoms with Crippen molar-refractivity contribution in [3.63, 3.8) is 0 Å². The van der Waals surface area contributed by atoms with Crippen LogP contribution in [0.4, 0.5) is 0 Å². The lowest BCUT2D eigenvalue weighted by atomic mass is 10.1. The molecule has 3 rings (SSSR count). The number of carbonyl (C=O) groups is 1. The first kappa shape index (κ1) is 19.2. The Hall–Kier alpha value is -2.60. The van der Waals surface area contributed by atoms with E-state index in [4.69, 9.17) is 4.74 Å². The van der Waals surface area contributed by atoms with Gasteiger partial charge in [0.2, 0.25) is 0 Å². The lowest BCUT2D eigenvalue weighted by molar-refractivity contribution is 0.102. The van der Waals surface area contributed by atoms with Gasteiger partial charge < -0.3 is 9.30 Å². The molecule has 0 saturated carbocycles. The highest BCUT2D eigenvalue weighted by molar-refractivity contribution is 7.99. The maximum absolute atomic E-state index is 12.5. The fourth-order valence-electron chi connectivity index (χ4n) is 2.86. The molecule has 0 N–H and O–H groups in total. The molecular weight excluding hydrogens is 358 g/mol. The Balaban J connectivity index is 1.70. The van der Waals surface area contributed by atoms with Crippen molar-refractivity contribution in [2.75, 3.05) is 12.9 Å². The molecule has 27 heavy (non-hydrogen) atoms. The molecule has 0 unspecified atom stereocenters. The van der Waals surface area contributed by atoms with Gasteiger partial charge >= 0.3 is 0 Å². The van der Waals surface area contributed by atoms with Gasteiger partial charge in [0.1, 0.15) is 5.75 Å². The summed E-state index contributed by atoms with van der Waals surface area (Å²) in [7, 11) is 3.53. The van der Waals surface area contributed by atoms with Crippen LogP contribution in [0, 0.1) is 0 Å². The molecule has 0 atom stereocenters. The number of methoxy groups -OCH3 is 1. The summed E-state index contributed by atoms with van der Waals surface area (Å²) in [6.07, 6.45) is 2.14. The van der Waals surface area contributed by atoms with Crippen LogP contribution in [0.1, 0.15) is 29.3 Å². The third-order valence-corrected chi connectivity index (χ3v) is 5.35. The summed E-state index contributed by atoms with van der Waals surface area (Å²) in [5, 5.41) is 9.22. The molecule has 1 heterocycles. The number of carbonyl (C=O) groups excluding carboxylic acids is 1. The van der Waals surface area contributed by atoms with E-state index in [1.807, 2.05) is 60.1 Å². The molecule has 5 nitrogen and oxygen atoms in total. The van der Waals surface area contributed by atoms with Crippen molar-refractivity contribution in [2.24, 2.45) is 7.05 Å². The number of Topliss-reactive ketones (excluding diaryl/α,β-unsaturated/α-hetero) is 1. The third-order valence-electron chi connectivity index (χ3n) is 4.33. The number of para-hydroxylation sites is 1. The van der Waals surface area contributed by atoms with Gasteiger partial charge in [-0.05, 0) is 24.1 Å². The Morgan fingerprint density at radius 3 is 2.56 bits per heavy atom. The van der Waals surface area contributed by atoms with Crippen LogP contribution in [-0.4, -0.2) is 33.4 Å². The summed E-state index contributed by atoms with van der Waals surface area (Å²) in [5.41, 5.74) is 2.87. The van der Waals surface area contributed by atoms with Crippen molar-refractivity contribution < 1.29 is 9.53 Å². The van der Waals surface area contributed by atoms with E-state index >= 15 is 0 Å². The lowest BCUT2D eigenvalue weighted by Gasteiger charge is -2.08. The molecule has 0 aliphatic rings.